The molecular weight excluding hydrogens is 336 g/mol. The van der Waals surface area contributed by atoms with Crippen LogP contribution in [0.2, 0.25) is 0 Å². The highest BCUT2D eigenvalue weighted by molar-refractivity contribution is 5.90. The number of nitrogens with zero attached hydrogens (tertiary/aromatic N) is 4. The standard InChI is InChI=1S/C22H24N4O/c1-25-14-23-21-19(25)13-18(24-20(21)16-5-3-2-4-6-16)15-9-11-26(12-10-15)22(27)17-7-8-17/h2-6,13-15,17H,7-12H2,1H3. The predicted octanol–water partition coefficient (Wildman–Crippen LogP) is 3.75. The van der Waals surface area contributed by atoms with Crippen molar-refractivity contribution in [2.75, 3.05) is 13.1 Å². The summed E-state index contributed by atoms with van der Waals surface area (Å²) in [5.41, 5.74) is 5.26. The molecular formula is C22H24N4O. The summed E-state index contributed by atoms with van der Waals surface area (Å²) in [5.74, 6) is 1.08. The van der Waals surface area contributed by atoms with Crippen LogP contribution in [0.25, 0.3) is 22.3 Å². The largest absolute Gasteiger partial charge is 0.342 e. The van der Waals surface area contributed by atoms with Gasteiger partial charge < -0.3 is 9.47 Å². The van der Waals surface area contributed by atoms with Crippen LogP contribution < -0.4 is 0 Å². The molecule has 1 aliphatic heterocycles. The van der Waals surface area contributed by atoms with Gasteiger partial charge in [-0.15, -0.1) is 0 Å². The molecule has 138 valence electrons. The summed E-state index contributed by atoms with van der Waals surface area (Å²) in [5, 5.41) is 0. The number of carbonyl (C=O) groups is 1. The fourth-order valence-electron chi connectivity index (χ4n) is 4.14. The van der Waals surface area contributed by atoms with Gasteiger partial charge in [0.05, 0.1) is 17.5 Å². The van der Waals surface area contributed by atoms with Gasteiger partial charge in [0.25, 0.3) is 0 Å². The van der Waals surface area contributed by atoms with Crippen molar-refractivity contribution in [3.8, 4) is 11.3 Å². The van der Waals surface area contributed by atoms with E-state index in [1.807, 2.05) is 31.6 Å². The first kappa shape index (κ1) is 16.5. The zero-order valence-electron chi connectivity index (χ0n) is 15.6. The Balaban J connectivity index is 1.47. The number of aromatic nitrogens is 3. The molecule has 1 aliphatic carbocycles. The lowest BCUT2D eigenvalue weighted by Crippen LogP contribution is -2.38. The quantitative estimate of drug-likeness (QED) is 0.715. The molecule has 3 aromatic rings. The van der Waals surface area contributed by atoms with Crippen molar-refractivity contribution in [1.29, 1.82) is 0 Å². The van der Waals surface area contributed by atoms with E-state index < -0.39 is 0 Å². The van der Waals surface area contributed by atoms with Gasteiger partial charge in [0.15, 0.2) is 0 Å². The number of pyridine rings is 1. The maximum Gasteiger partial charge on any atom is 0.225 e. The fourth-order valence-corrected chi connectivity index (χ4v) is 4.14. The number of rotatable bonds is 3. The fraction of sp³-hybridized carbons (Fsp3) is 0.409. The van der Waals surface area contributed by atoms with Crippen LogP contribution in [-0.2, 0) is 11.8 Å². The first-order valence-electron chi connectivity index (χ1n) is 9.87. The van der Waals surface area contributed by atoms with E-state index in [2.05, 4.69) is 32.7 Å². The molecule has 0 N–H and O–H groups in total. The van der Waals surface area contributed by atoms with E-state index in [9.17, 15) is 4.79 Å². The molecule has 0 atom stereocenters. The minimum Gasteiger partial charge on any atom is -0.342 e. The predicted molar refractivity (Wildman–Crippen MR) is 105 cm³/mol. The van der Waals surface area contributed by atoms with Crippen molar-refractivity contribution in [3.05, 3.63) is 48.4 Å². The number of fused-ring (bicyclic) bond motifs is 1. The first-order chi connectivity index (χ1) is 13.2. The number of carbonyl (C=O) groups excluding carboxylic acids is 1. The lowest BCUT2D eigenvalue weighted by atomic mass is 9.92. The summed E-state index contributed by atoms with van der Waals surface area (Å²) < 4.78 is 2.07. The van der Waals surface area contributed by atoms with Crippen molar-refractivity contribution in [3.63, 3.8) is 0 Å². The molecule has 0 bridgehead atoms. The highest BCUT2D eigenvalue weighted by Crippen LogP contribution is 2.35. The molecule has 2 aromatic heterocycles. The minimum atomic E-state index is 0.315. The van der Waals surface area contributed by atoms with Gasteiger partial charge in [0.1, 0.15) is 5.52 Å². The van der Waals surface area contributed by atoms with Gasteiger partial charge >= 0.3 is 0 Å². The number of hydrogen-bond donors (Lipinski definition) is 0. The molecule has 3 heterocycles. The Bertz CT molecular complexity index is 982. The molecule has 2 fully saturated rings. The normalized spacial score (nSPS) is 18.2. The smallest absolute Gasteiger partial charge is 0.225 e. The second-order valence-corrected chi connectivity index (χ2v) is 7.86. The summed E-state index contributed by atoms with van der Waals surface area (Å²) in [6, 6.07) is 12.5. The molecule has 1 amide bonds. The van der Waals surface area contributed by atoms with E-state index in [1.54, 1.807) is 0 Å². The molecule has 27 heavy (non-hydrogen) atoms. The van der Waals surface area contributed by atoms with Gasteiger partial charge in [-0.1, -0.05) is 30.3 Å². The summed E-state index contributed by atoms with van der Waals surface area (Å²) >= 11 is 0. The van der Waals surface area contributed by atoms with Gasteiger partial charge in [-0.05, 0) is 31.7 Å². The van der Waals surface area contributed by atoms with Crippen LogP contribution in [0.5, 0.6) is 0 Å². The summed E-state index contributed by atoms with van der Waals surface area (Å²) in [6.45, 7) is 1.71. The number of hydrogen-bond acceptors (Lipinski definition) is 3. The Labute approximate surface area is 159 Å². The molecule has 5 nitrogen and oxygen atoms in total. The molecule has 2 aliphatic rings. The van der Waals surface area contributed by atoms with E-state index in [-0.39, 0.29) is 0 Å². The van der Waals surface area contributed by atoms with Crippen LogP contribution >= 0.6 is 0 Å². The zero-order valence-corrected chi connectivity index (χ0v) is 15.6. The van der Waals surface area contributed by atoms with Crippen LogP contribution in [0, 0.1) is 5.92 Å². The summed E-state index contributed by atoms with van der Waals surface area (Å²) in [7, 11) is 2.03. The molecule has 1 saturated carbocycles. The van der Waals surface area contributed by atoms with Crippen LogP contribution in [-0.4, -0.2) is 38.4 Å². The number of likely N-dealkylation sites (tertiary alicyclic amines) is 1. The number of amides is 1. The van der Waals surface area contributed by atoms with Gasteiger partial charge in [0.2, 0.25) is 5.91 Å². The van der Waals surface area contributed by atoms with Crippen LogP contribution in [0.15, 0.2) is 42.7 Å². The Kier molecular flexibility index (Phi) is 3.96. The second kappa shape index (κ2) is 6.48. The third-order valence-corrected chi connectivity index (χ3v) is 5.93. The van der Waals surface area contributed by atoms with Crippen molar-refractivity contribution in [2.45, 2.75) is 31.6 Å². The lowest BCUT2D eigenvalue weighted by Gasteiger charge is -2.32. The van der Waals surface area contributed by atoms with Crippen LogP contribution in [0.1, 0.15) is 37.3 Å². The average molecular weight is 360 g/mol. The van der Waals surface area contributed by atoms with Crippen molar-refractivity contribution in [1.82, 2.24) is 19.4 Å². The topological polar surface area (TPSA) is 51.0 Å². The van der Waals surface area contributed by atoms with Gasteiger partial charge in [0, 0.05) is 43.2 Å². The molecule has 5 rings (SSSR count). The van der Waals surface area contributed by atoms with E-state index in [1.165, 1.54) is 0 Å². The Hall–Kier alpha value is -2.69. The monoisotopic (exact) mass is 360 g/mol. The molecule has 0 spiro atoms. The highest BCUT2D eigenvalue weighted by Gasteiger charge is 2.35. The highest BCUT2D eigenvalue weighted by atomic mass is 16.2. The van der Waals surface area contributed by atoms with Gasteiger partial charge in [-0.25, -0.2) is 4.98 Å². The third-order valence-electron chi connectivity index (χ3n) is 5.93. The maximum atomic E-state index is 12.3. The SMILES string of the molecule is Cn1cnc2c(-c3ccccc3)nc(C3CCN(C(=O)C4CC4)CC3)cc21. The van der Waals surface area contributed by atoms with E-state index >= 15 is 0 Å². The minimum absolute atomic E-state index is 0.315. The van der Waals surface area contributed by atoms with Crippen molar-refractivity contribution >= 4 is 16.9 Å². The van der Waals surface area contributed by atoms with Gasteiger partial charge in [-0.2, -0.15) is 0 Å². The van der Waals surface area contributed by atoms with E-state index in [0.29, 0.717) is 17.7 Å². The Morgan fingerprint density at radius 1 is 1.07 bits per heavy atom. The number of imidazole rings is 1. The van der Waals surface area contributed by atoms with Gasteiger partial charge in [-0.3, -0.25) is 9.78 Å². The Morgan fingerprint density at radius 2 is 1.81 bits per heavy atom. The number of benzene rings is 1. The van der Waals surface area contributed by atoms with Crippen LogP contribution in [0.4, 0.5) is 0 Å². The number of aryl methyl sites for hydroxylation is 1. The Morgan fingerprint density at radius 3 is 2.52 bits per heavy atom. The maximum absolute atomic E-state index is 12.3. The summed E-state index contributed by atoms with van der Waals surface area (Å²) in [6.07, 6.45) is 6.00. The average Bonchev–Trinajstić information content (AvgIpc) is 3.51. The molecule has 0 unspecified atom stereocenters. The molecule has 1 saturated heterocycles. The summed E-state index contributed by atoms with van der Waals surface area (Å²) in [4.78, 5) is 24.0. The van der Waals surface area contributed by atoms with Crippen LogP contribution in [0.3, 0.4) is 0 Å². The van der Waals surface area contributed by atoms with E-state index in [0.717, 1.165) is 66.8 Å². The number of piperidine rings is 1. The van der Waals surface area contributed by atoms with Crippen molar-refractivity contribution < 1.29 is 4.79 Å². The zero-order chi connectivity index (χ0) is 18.4. The molecule has 1 aromatic carbocycles. The molecule has 5 heteroatoms. The lowest BCUT2D eigenvalue weighted by molar-refractivity contribution is -0.133. The third kappa shape index (κ3) is 3.01. The first-order valence-corrected chi connectivity index (χ1v) is 9.87. The molecule has 0 radical (unpaired) electrons. The van der Waals surface area contributed by atoms with Crippen molar-refractivity contribution in [2.24, 2.45) is 13.0 Å². The van der Waals surface area contributed by atoms with E-state index in [4.69, 9.17) is 4.98 Å². The second-order valence-electron chi connectivity index (χ2n) is 7.86.